The largest absolute Gasteiger partial charge is 0.480 e. The van der Waals surface area contributed by atoms with E-state index in [0.29, 0.717) is 30.7 Å². The fourth-order valence-electron chi connectivity index (χ4n) is 7.23. The van der Waals surface area contributed by atoms with E-state index in [4.69, 9.17) is 9.15 Å². The van der Waals surface area contributed by atoms with E-state index in [1.807, 2.05) is 49.1 Å². The van der Waals surface area contributed by atoms with Gasteiger partial charge >= 0.3 is 5.63 Å². The molecule has 38 heavy (non-hydrogen) atoms. The van der Waals surface area contributed by atoms with Crippen LogP contribution in [0.1, 0.15) is 80.2 Å². The minimum Gasteiger partial charge on any atom is -0.480 e. The highest BCUT2D eigenvalue weighted by Gasteiger charge is 2.50. The van der Waals surface area contributed by atoms with E-state index in [9.17, 15) is 14.7 Å². The Bertz CT molecular complexity index is 1410. The number of rotatable bonds is 4. The Morgan fingerprint density at radius 3 is 2.63 bits per heavy atom. The van der Waals surface area contributed by atoms with Crippen LogP contribution in [0, 0.1) is 12.8 Å². The molecular formula is C32H37NO5. The van der Waals surface area contributed by atoms with E-state index in [0.717, 1.165) is 72.6 Å². The number of aryl methyl sites for hydroxylation is 2. The van der Waals surface area contributed by atoms with Crippen LogP contribution < -0.4 is 10.4 Å². The molecule has 6 heteroatoms. The van der Waals surface area contributed by atoms with Crippen molar-refractivity contribution in [2.75, 3.05) is 6.54 Å². The molecule has 6 nitrogen and oxygen atoms in total. The van der Waals surface area contributed by atoms with Crippen LogP contribution in [-0.4, -0.2) is 34.2 Å². The lowest BCUT2D eigenvalue weighted by molar-refractivity contribution is -0.161. The second-order valence-electron chi connectivity index (χ2n) is 11.5. The van der Waals surface area contributed by atoms with Gasteiger partial charge in [-0.25, -0.2) is 4.79 Å². The van der Waals surface area contributed by atoms with Crippen molar-refractivity contribution in [2.24, 2.45) is 5.92 Å². The van der Waals surface area contributed by atoms with Crippen LogP contribution >= 0.6 is 0 Å². The molecule has 0 unspecified atom stereocenters. The Morgan fingerprint density at radius 1 is 1.08 bits per heavy atom. The average Bonchev–Trinajstić information content (AvgIpc) is 2.92. The molecule has 1 saturated carbocycles. The predicted molar refractivity (Wildman–Crippen MR) is 146 cm³/mol. The third kappa shape index (κ3) is 4.33. The molecule has 3 aromatic rings. The lowest BCUT2D eigenvalue weighted by atomic mass is 9.66. The molecule has 1 aliphatic heterocycles. The van der Waals surface area contributed by atoms with Crippen LogP contribution in [0.3, 0.4) is 0 Å². The van der Waals surface area contributed by atoms with Crippen LogP contribution in [0.25, 0.3) is 11.0 Å². The molecule has 4 atom stereocenters. The minimum absolute atomic E-state index is 0.00430. The molecular weight excluding hydrogens is 478 g/mol. The quantitative estimate of drug-likeness (QED) is 0.455. The molecule has 1 N–H and O–H groups in total. The summed E-state index contributed by atoms with van der Waals surface area (Å²) in [4.78, 5) is 28.7. The third-order valence-electron chi connectivity index (χ3n) is 9.07. The van der Waals surface area contributed by atoms with Crippen molar-refractivity contribution in [3.8, 4) is 5.75 Å². The molecule has 0 radical (unpaired) electrons. The second-order valence-corrected chi connectivity index (χ2v) is 11.5. The van der Waals surface area contributed by atoms with Gasteiger partial charge in [-0.15, -0.1) is 0 Å². The summed E-state index contributed by atoms with van der Waals surface area (Å²) in [7, 11) is 0. The van der Waals surface area contributed by atoms with Crippen LogP contribution in [0.4, 0.5) is 0 Å². The zero-order chi connectivity index (χ0) is 26.4. The number of piperidine rings is 1. The summed E-state index contributed by atoms with van der Waals surface area (Å²) in [5, 5.41) is 12.4. The van der Waals surface area contributed by atoms with E-state index >= 15 is 0 Å². The van der Waals surface area contributed by atoms with Gasteiger partial charge in [0.15, 0.2) is 6.10 Å². The molecule has 2 aliphatic carbocycles. The molecule has 3 aliphatic rings. The molecule has 1 amide bonds. The van der Waals surface area contributed by atoms with Gasteiger partial charge in [0, 0.05) is 18.0 Å². The number of nitrogens with zero attached hydrogens (tertiary/aromatic N) is 1. The molecule has 0 spiro atoms. The van der Waals surface area contributed by atoms with E-state index in [2.05, 4.69) is 12.1 Å². The van der Waals surface area contributed by atoms with Crippen molar-refractivity contribution in [1.29, 1.82) is 0 Å². The van der Waals surface area contributed by atoms with Gasteiger partial charge in [-0.3, -0.25) is 4.79 Å². The molecule has 2 fully saturated rings. The van der Waals surface area contributed by atoms with Crippen LogP contribution in [0.5, 0.6) is 5.75 Å². The van der Waals surface area contributed by atoms with Crippen molar-refractivity contribution in [2.45, 2.75) is 89.4 Å². The number of amides is 1. The maximum atomic E-state index is 14.1. The highest BCUT2D eigenvalue weighted by atomic mass is 16.5. The zero-order valence-corrected chi connectivity index (χ0v) is 22.4. The Morgan fingerprint density at radius 2 is 1.84 bits per heavy atom. The zero-order valence-electron chi connectivity index (χ0n) is 22.4. The maximum absolute atomic E-state index is 14.1. The van der Waals surface area contributed by atoms with Crippen molar-refractivity contribution in [3.05, 3.63) is 75.1 Å². The van der Waals surface area contributed by atoms with Crippen LogP contribution in [0.2, 0.25) is 0 Å². The smallest absolute Gasteiger partial charge is 0.339 e. The fourth-order valence-corrected chi connectivity index (χ4v) is 7.23. The van der Waals surface area contributed by atoms with Crippen molar-refractivity contribution in [1.82, 2.24) is 4.90 Å². The first-order valence-corrected chi connectivity index (χ1v) is 14.2. The first-order valence-electron chi connectivity index (χ1n) is 14.2. The number of aliphatic hydroxyl groups is 1. The number of fused-ring (bicyclic) bond motifs is 4. The van der Waals surface area contributed by atoms with Crippen molar-refractivity contribution in [3.63, 3.8) is 0 Å². The van der Waals surface area contributed by atoms with Gasteiger partial charge < -0.3 is 19.2 Å². The van der Waals surface area contributed by atoms with Gasteiger partial charge in [-0.1, -0.05) is 43.2 Å². The Labute approximate surface area is 223 Å². The summed E-state index contributed by atoms with van der Waals surface area (Å²) in [5.41, 5.74) is 3.26. The summed E-state index contributed by atoms with van der Waals surface area (Å²) in [6, 6.07) is 13.8. The number of carbonyl (C=O) groups is 1. The fraction of sp³-hybridized carbons (Fsp3) is 0.500. The van der Waals surface area contributed by atoms with Gasteiger partial charge in [-0.2, -0.15) is 0 Å². The third-order valence-corrected chi connectivity index (χ3v) is 9.07. The highest BCUT2D eigenvalue weighted by molar-refractivity contribution is 5.89. The average molecular weight is 516 g/mol. The summed E-state index contributed by atoms with van der Waals surface area (Å²) < 4.78 is 12.2. The molecule has 2 heterocycles. The summed E-state index contributed by atoms with van der Waals surface area (Å²) in [6.45, 7) is 4.25. The minimum atomic E-state index is -0.733. The lowest BCUT2D eigenvalue weighted by Crippen LogP contribution is -2.58. The van der Waals surface area contributed by atoms with Crippen LogP contribution in [0.15, 0.2) is 51.7 Å². The molecule has 2 aromatic carbocycles. The summed E-state index contributed by atoms with van der Waals surface area (Å²) in [5.74, 6) is 0.530. The van der Waals surface area contributed by atoms with E-state index in [1.54, 1.807) is 0 Å². The van der Waals surface area contributed by atoms with Crippen molar-refractivity contribution < 1.29 is 19.1 Å². The standard InChI is InChI=1S/C32H37NO5/c1-20-18-26(28-23-12-6-7-13-24(23)31(35)38-27(28)19-20)37-21(2)30(34)33-17-16-32(36)15-9-8-14-25(32)29(33)22-10-4-3-5-11-22/h3-5,10-11,18-19,21,25,29,36H,6-9,12-17H2,1-2H3/t21-,25+,29-,32+/m0/s1. The SMILES string of the molecule is Cc1cc(O[C@@H](C)C(=O)N2CC[C@]3(O)CCCC[C@@H]3[C@@H]2c2ccccc2)c2c3c(c(=O)oc2c1)CCCC3. The summed E-state index contributed by atoms with van der Waals surface area (Å²) in [6.07, 6.45) is 7.17. The molecule has 1 aromatic heterocycles. The van der Waals surface area contributed by atoms with Gasteiger partial charge in [0.1, 0.15) is 11.3 Å². The normalized spacial score (nSPS) is 25.9. The number of ether oxygens (including phenoxy) is 1. The lowest BCUT2D eigenvalue weighted by Gasteiger charge is -2.53. The van der Waals surface area contributed by atoms with E-state index in [-0.39, 0.29) is 23.5 Å². The highest BCUT2D eigenvalue weighted by Crippen LogP contribution is 2.49. The predicted octanol–water partition coefficient (Wildman–Crippen LogP) is 5.64. The second kappa shape index (κ2) is 9.88. The molecule has 6 rings (SSSR count). The number of benzene rings is 2. The van der Waals surface area contributed by atoms with Gasteiger partial charge in [0.2, 0.25) is 0 Å². The Balaban J connectivity index is 1.35. The van der Waals surface area contributed by atoms with Gasteiger partial charge in [-0.05, 0) is 87.6 Å². The van der Waals surface area contributed by atoms with E-state index < -0.39 is 11.7 Å². The topological polar surface area (TPSA) is 80.0 Å². The Kier molecular flexibility index (Phi) is 6.55. The monoisotopic (exact) mass is 515 g/mol. The van der Waals surface area contributed by atoms with Gasteiger partial charge in [0.05, 0.1) is 17.0 Å². The van der Waals surface area contributed by atoms with Crippen molar-refractivity contribution >= 4 is 16.9 Å². The number of carbonyl (C=O) groups excluding carboxylic acids is 1. The molecule has 1 saturated heterocycles. The Hall–Kier alpha value is -3.12. The first-order chi connectivity index (χ1) is 18.4. The van der Waals surface area contributed by atoms with Gasteiger partial charge in [0.25, 0.3) is 5.91 Å². The first kappa shape index (κ1) is 25.2. The van der Waals surface area contributed by atoms with E-state index in [1.165, 1.54) is 0 Å². The number of hydrogen-bond donors (Lipinski definition) is 1. The number of likely N-dealkylation sites (tertiary alicyclic amines) is 1. The van der Waals surface area contributed by atoms with Crippen LogP contribution in [-0.2, 0) is 17.6 Å². The molecule has 0 bridgehead atoms. The number of hydrogen-bond acceptors (Lipinski definition) is 5. The summed E-state index contributed by atoms with van der Waals surface area (Å²) >= 11 is 0. The maximum Gasteiger partial charge on any atom is 0.339 e. The molecule has 200 valence electrons.